The summed E-state index contributed by atoms with van der Waals surface area (Å²) in [6.45, 7) is 3.85. The van der Waals surface area contributed by atoms with Crippen LogP contribution >= 0.6 is 0 Å². The predicted octanol–water partition coefficient (Wildman–Crippen LogP) is 3.29. The van der Waals surface area contributed by atoms with E-state index in [0.29, 0.717) is 11.6 Å². The minimum absolute atomic E-state index is 0.374. The van der Waals surface area contributed by atoms with Gasteiger partial charge in [-0.2, -0.15) is 5.26 Å². The number of benzene rings is 1. The highest BCUT2D eigenvalue weighted by molar-refractivity contribution is 5.76. The molecule has 4 rings (SSSR count). The van der Waals surface area contributed by atoms with Crippen LogP contribution in [0.25, 0.3) is 11.0 Å². The first kappa shape index (κ1) is 16.3. The number of nitriles is 1. The first-order chi connectivity index (χ1) is 12.7. The second kappa shape index (κ2) is 6.96. The molecule has 6 nitrogen and oxygen atoms in total. The molecule has 6 heteroatoms. The van der Waals surface area contributed by atoms with Crippen molar-refractivity contribution in [3.05, 3.63) is 53.9 Å². The molecule has 0 atom stereocenters. The number of fused-ring (bicyclic) bond motifs is 1. The Bertz CT molecular complexity index is 952. The molecule has 0 saturated carbocycles. The summed E-state index contributed by atoms with van der Waals surface area (Å²) in [6, 6.07) is 14.2. The molecule has 3 heterocycles. The van der Waals surface area contributed by atoms with Crippen LogP contribution < -0.4 is 10.2 Å². The Balaban J connectivity index is 1.42. The maximum Gasteiger partial charge on any atom is 0.148 e. The normalized spacial score (nSPS) is 15.0. The quantitative estimate of drug-likeness (QED) is 0.785. The SMILES string of the molecule is Cc1nc2ccccc2nc1NC1CCN(c2ccc(C#N)cn2)CC1. The Labute approximate surface area is 152 Å². The van der Waals surface area contributed by atoms with Gasteiger partial charge in [0.25, 0.3) is 0 Å². The molecule has 0 aliphatic carbocycles. The minimum atomic E-state index is 0.374. The van der Waals surface area contributed by atoms with Gasteiger partial charge in [-0.25, -0.2) is 15.0 Å². The lowest BCUT2D eigenvalue weighted by Crippen LogP contribution is -2.39. The van der Waals surface area contributed by atoms with E-state index < -0.39 is 0 Å². The van der Waals surface area contributed by atoms with E-state index in [4.69, 9.17) is 10.2 Å². The van der Waals surface area contributed by atoms with Crippen LogP contribution in [0.3, 0.4) is 0 Å². The number of anilines is 2. The van der Waals surface area contributed by atoms with Crippen LogP contribution in [0.15, 0.2) is 42.6 Å². The van der Waals surface area contributed by atoms with E-state index in [1.807, 2.05) is 43.3 Å². The molecule has 3 aromatic rings. The summed E-state index contributed by atoms with van der Waals surface area (Å²) in [5.41, 5.74) is 3.37. The smallest absolute Gasteiger partial charge is 0.148 e. The van der Waals surface area contributed by atoms with Gasteiger partial charge in [0.2, 0.25) is 0 Å². The zero-order chi connectivity index (χ0) is 17.9. The van der Waals surface area contributed by atoms with Gasteiger partial charge in [-0.05, 0) is 44.0 Å². The Morgan fingerprint density at radius 1 is 1.08 bits per heavy atom. The van der Waals surface area contributed by atoms with Gasteiger partial charge < -0.3 is 10.2 Å². The molecule has 130 valence electrons. The molecule has 1 aromatic carbocycles. The van der Waals surface area contributed by atoms with E-state index in [1.165, 1.54) is 0 Å². The maximum atomic E-state index is 8.88. The fourth-order valence-corrected chi connectivity index (χ4v) is 3.31. The molecule has 1 aliphatic heterocycles. The zero-order valence-electron chi connectivity index (χ0n) is 14.7. The van der Waals surface area contributed by atoms with Gasteiger partial charge in [0, 0.05) is 25.3 Å². The monoisotopic (exact) mass is 344 g/mol. The third-order valence-corrected chi connectivity index (χ3v) is 4.78. The molecule has 1 aliphatic rings. The van der Waals surface area contributed by atoms with Crippen molar-refractivity contribution in [3.63, 3.8) is 0 Å². The first-order valence-electron chi connectivity index (χ1n) is 8.84. The molecule has 0 radical (unpaired) electrons. The number of nitrogens with zero attached hydrogens (tertiary/aromatic N) is 5. The summed E-state index contributed by atoms with van der Waals surface area (Å²) in [6.07, 6.45) is 3.65. The van der Waals surface area contributed by atoms with Crippen molar-refractivity contribution < 1.29 is 0 Å². The summed E-state index contributed by atoms with van der Waals surface area (Å²) in [7, 11) is 0. The third kappa shape index (κ3) is 3.29. The Morgan fingerprint density at radius 2 is 1.81 bits per heavy atom. The van der Waals surface area contributed by atoms with E-state index in [9.17, 15) is 0 Å². The molecular formula is C20H20N6. The first-order valence-corrected chi connectivity index (χ1v) is 8.84. The average molecular weight is 344 g/mol. The number of piperidine rings is 1. The highest BCUT2D eigenvalue weighted by Crippen LogP contribution is 2.22. The van der Waals surface area contributed by atoms with Gasteiger partial charge >= 0.3 is 0 Å². The number of hydrogen-bond donors (Lipinski definition) is 1. The number of hydrogen-bond acceptors (Lipinski definition) is 6. The molecule has 1 N–H and O–H groups in total. The third-order valence-electron chi connectivity index (χ3n) is 4.78. The van der Waals surface area contributed by atoms with Crippen LogP contribution in [0.1, 0.15) is 24.1 Å². The fourth-order valence-electron chi connectivity index (χ4n) is 3.31. The van der Waals surface area contributed by atoms with E-state index in [2.05, 4.69) is 26.3 Å². The summed E-state index contributed by atoms with van der Waals surface area (Å²) >= 11 is 0. The van der Waals surface area contributed by atoms with Crippen molar-refractivity contribution in [2.24, 2.45) is 0 Å². The Morgan fingerprint density at radius 3 is 2.46 bits per heavy atom. The van der Waals surface area contributed by atoms with Crippen LogP contribution in [0.4, 0.5) is 11.6 Å². The second-order valence-electron chi connectivity index (χ2n) is 6.57. The molecule has 0 unspecified atom stereocenters. The standard InChI is InChI=1S/C20H20N6/c1-14-20(25-18-5-3-2-4-17(18)23-14)24-16-8-10-26(11-9-16)19-7-6-15(12-21)13-22-19/h2-7,13,16H,8-11H2,1H3,(H,24,25). The topological polar surface area (TPSA) is 77.7 Å². The minimum Gasteiger partial charge on any atom is -0.366 e. The lowest BCUT2D eigenvalue weighted by atomic mass is 10.0. The number of nitrogens with one attached hydrogen (secondary N) is 1. The van der Waals surface area contributed by atoms with E-state index in [0.717, 1.165) is 54.3 Å². The fraction of sp³-hybridized carbons (Fsp3) is 0.300. The van der Waals surface area contributed by atoms with Crippen molar-refractivity contribution in [1.82, 2.24) is 15.0 Å². The maximum absolute atomic E-state index is 8.88. The number of para-hydroxylation sites is 2. The van der Waals surface area contributed by atoms with Gasteiger partial charge in [-0.3, -0.25) is 0 Å². The zero-order valence-corrected chi connectivity index (χ0v) is 14.7. The number of rotatable bonds is 3. The summed E-state index contributed by atoms with van der Waals surface area (Å²) in [5.74, 6) is 1.81. The van der Waals surface area contributed by atoms with E-state index >= 15 is 0 Å². The van der Waals surface area contributed by atoms with Gasteiger partial charge in [0.15, 0.2) is 0 Å². The van der Waals surface area contributed by atoms with Crippen LogP contribution in [0.2, 0.25) is 0 Å². The summed E-state index contributed by atoms with van der Waals surface area (Å²) < 4.78 is 0. The molecule has 2 aromatic heterocycles. The average Bonchev–Trinajstić information content (AvgIpc) is 2.69. The largest absolute Gasteiger partial charge is 0.366 e. The highest BCUT2D eigenvalue weighted by atomic mass is 15.2. The lowest BCUT2D eigenvalue weighted by molar-refractivity contribution is 0.522. The molecular weight excluding hydrogens is 324 g/mol. The van der Waals surface area contributed by atoms with E-state index in [-0.39, 0.29) is 0 Å². The Hall–Kier alpha value is -3.20. The summed E-state index contributed by atoms with van der Waals surface area (Å²) in [5, 5.41) is 12.4. The number of aromatic nitrogens is 3. The number of pyridine rings is 1. The van der Waals surface area contributed by atoms with Crippen LogP contribution in [-0.4, -0.2) is 34.1 Å². The van der Waals surface area contributed by atoms with Crippen LogP contribution in [0.5, 0.6) is 0 Å². The van der Waals surface area contributed by atoms with Crippen LogP contribution in [-0.2, 0) is 0 Å². The van der Waals surface area contributed by atoms with Crippen molar-refractivity contribution in [3.8, 4) is 6.07 Å². The molecule has 1 saturated heterocycles. The molecule has 0 amide bonds. The highest BCUT2D eigenvalue weighted by Gasteiger charge is 2.21. The summed E-state index contributed by atoms with van der Waals surface area (Å²) in [4.78, 5) is 16.0. The van der Waals surface area contributed by atoms with Crippen molar-refractivity contribution in [2.45, 2.75) is 25.8 Å². The molecule has 26 heavy (non-hydrogen) atoms. The van der Waals surface area contributed by atoms with Crippen molar-refractivity contribution in [2.75, 3.05) is 23.3 Å². The van der Waals surface area contributed by atoms with E-state index in [1.54, 1.807) is 6.20 Å². The predicted molar refractivity (Wildman–Crippen MR) is 102 cm³/mol. The van der Waals surface area contributed by atoms with Crippen LogP contribution in [0, 0.1) is 18.3 Å². The molecule has 1 fully saturated rings. The number of aryl methyl sites for hydroxylation is 1. The van der Waals surface area contributed by atoms with Gasteiger partial charge in [-0.1, -0.05) is 12.1 Å². The Kier molecular flexibility index (Phi) is 4.36. The molecule has 0 bridgehead atoms. The van der Waals surface area contributed by atoms with Gasteiger partial charge in [0.05, 0.1) is 22.3 Å². The van der Waals surface area contributed by atoms with Crippen molar-refractivity contribution >= 4 is 22.7 Å². The molecule has 0 spiro atoms. The van der Waals surface area contributed by atoms with Gasteiger partial charge in [0.1, 0.15) is 17.7 Å². The lowest BCUT2D eigenvalue weighted by Gasteiger charge is -2.33. The van der Waals surface area contributed by atoms with Crippen molar-refractivity contribution in [1.29, 1.82) is 5.26 Å². The van der Waals surface area contributed by atoms with Gasteiger partial charge in [-0.15, -0.1) is 0 Å². The second-order valence-corrected chi connectivity index (χ2v) is 6.57.